The van der Waals surface area contributed by atoms with Gasteiger partial charge in [0.05, 0.1) is 27.1 Å². The number of hydrogen-bond acceptors (Lipinski definition) is 1. The molecule has 2 nitrogen and oxygen atoms in total. The zero-order valence-corrected chi connectivity index (χ0v) is 16.3. The highest BCUT2D eigenvalue weighted by molar-refractivity contribution is 6.43. The Bertz CT molecular complexity index is 1010. The van der Waals surface area contributed by atoms with E-state index in [1.807, 2.05) is 0 Å². The zero-order chi connectivity index (χ0) is 22.9. The summed E-state index contributed by atoms with van der Waals surface area (Å²) in [5.74, 6) is -4.02. The second kappa shape index (κ2) is 8.73. The fraction of sp³-hybridized carbons (Fsp3) is 0.150. The van der Waals surface area contributed by atoms with Crippen LogP contribution in [0.4, 0.5) is 26.3 Å². The van der Waals surface area contributed by atoms with E-state index in [2.05, 4.69) is 6.58 Å². The molecule has 2 aromatic rings. The minimum Gasteiger partial charge on any atom is -0.478 e. The van der Waals surface area contributed by atoms with Crippen molar-refractivity contribution in [2.75, 3.05) is 0 Å². The van der Waals surface area contributed by atoms with Gasteiger partial charge in [-0.1, -0.05) is 54.1 Å². The molecule has 0 bridgehead atoms. The van der Waals surface area contributed by atoms with Crippen molar-refractivity contribution in [2.24, 2.45) is 0 Å². The lowest BCUT2D eigenvalue weighted by Gasteiger charge is -2.19. The summed E-state index contributed by atoms with van der Waals surface area (Å²) in [6.45, 7) is 3.45. The molecule has 2 aromatic carbocycles. The average molecular weight is 469 g/mol. The van der Waals surface area contributed by atoms with Crippen LogP contribution in [0.3, 0.4) is 0 Å². The van der Waals surface area contributed by atoms with Crippen LogP contribution in [0.5, 0.6) is 0 Å². The molecule has 1 atom stereocenters. The molecule has 0 aliphatic rings. The maximum Gasteiger partial charge on any atom is 0.417 e. The van der Waals surface area contributed by atoms with E-state index in [1.165, 1.54) is 6.08 Å². The van der Waals surface area contributed by atoms with Crippen LogP contribution in [0.25, 0.3) is 12.2 Å². The van der Waals surface area contributed by atoms with E-state index < -0.39 is 35.4 Å². The van der Waals surface area contributed by atoms with Crippen LogP contribution in [-0.4, -0.2) is 17.3 Å². The van der Waals surface area contributed by atoms with Crippen molar-refractivity contribution in [1.82, 2.24) is 0 Å². The Hall–Kier alpha value is -2.45. The number of hydrogen-bond donors (Lipinski definition) is 1. The van der Waals surface area contributed by atoms with Crippen LogP contribution in [0.15, 0.2) is 43.0 Å². The predicted octanol–water partition coefficient (Wildman–Crippen LogP) is 7.71. The lowest BCUT2D eigenvalue weighted by atomic mass is 9.94. The van der Waals surface area contributed by atoms with Crippen LogP contribution >= 0.6 is 23.2 Å². The first-order valence-corrected chi connectivity index (χ1v) is 8.82. The first-order valence-electron chi connectivity index (χ1n) is 8.06. The normalized spacial score (nSPS) is 13.5. The molecule has 0 spiro atoms. The Morgan fingerprint density at radius 1 is 1.07 bits per heavy atom. The lowest BCUT2D eigenvalue weighted by Crippen LogP contribution is -2.19. The molecule has 10 heteroatoms. The third kappa shape index (κ3) is 5.37. The number of halogens is 8. The van der Waals surface area contributed by atoms with Gasteiger partial charge >= 0.3 is 18.3 Å². The molecule has 30 heavy (non-hydrogen) atoms. The van der Waals surface area contributed by atoms with Crippen LogP contribution in [0, 0.1) is 0 Å². The van der Waals surface area contributed by atoms with Gasteiger partial charge in [0.25, 0.3) is 0 Å². The van der Waals surface area contributed by atoms with Gasteiger partial charge in [0, 0.05) is 0 Å². The maximum atomic E-state index is 13.6. The summed E-state index contributed by atoms with van der Waals surface area (Å²) < 4.78 is 80.1. The summed E-state index contributed by atoms with van der Waals surface area (Å²) in [7, 11) is 0. The summed E-state index contributed by atoms with van der Waals surface area (Å²) in [4.78, 5) is 11.0. The topological polar surface area (TPSA) is 37.3 Å². The lowest BCUT2D eigenvalue weighted by molar-refractivity contribution is -0.139. The molecule has 0 heterocycles. The number of carbonyl (C=O) groups is 1. The summed E-state index contributed by atoms with van der Waals surface area (Å²) in [5, 5.41) is 8.76. The van der Waals surface area contributed by atoms with Gasteiger partial charge in [0.15, 0.2) is 0 Å². The van der Waals surface area contributed by atoms with E-state index in [9.17, 15) is 31.1 Å². The fourth-order valence-corrected chi connectivity index (χ4v) is 3.08. The van der Waals surface area contributed by atoms with Crippen molar-refractivity contribution in [2.45, 2.75) is 18.3 Å². The van der Waals surface area contributed by atoms with E-state index in [0.717, 1.165) is 24.3 Å². The van der Waals surface area contributed by atoms with Crippen molar-refractivity contribution in [3.63, 3.8) is 0 Å². The van der Waals surface area contributed by atoms with Gasteiger partial charge in [-0.25, -0.2) is 4.79 Å². The number of rotatable bonds is 5. The van der Waals surface area contributed by atoms with Crippen LogP contribution in [0.2, 0.25) is 10.0 Å². The summed E-state index contributed by atoms with van der Waals surface area (Å²) in [6.07, 6.45) is -7.09. The molecule has 1 N–H and O–H groups in total. The summed E-state index contributed by atoms with van der Waals surface area (Å²) in [6, 6.07) is 4.26. The highest BCUT2D eigenvalue weighted by Crippen LogP contribution is 2.40. The minimum absolute atomic E-state index is 0.0133. The van der Waals surface area contributed by atoms with Crippen molar-refractivity contribution in [1.29, 1.82) is 0 Å². The molecular formula is C20H12Cl2F6O2. The van der Waals surface area contributed by atoms with E-state index in [4.69, 9.17) is 28.3 Å². The number of benzene rings is 2. The van der Waals surface area contributed by atoms with Gasteiger partial charge in [0.1, 0.15) is 0 Å². The molecule has 0 aliphatic heterocycles. The number of aromatic carboxylic acids is 1. The second-order valence-electron chi connectivity index (χ2n) is 6.10. The highest BCUT2D eigenvalue weighted by Gasteiger charge is 2.39. The summed E-state index contributed by atoms with van der Waals surface area (Å²) in [5.41, 5.74) is -2.87. The SMILES string of the molecule is C=Cc1cc(C(/C=C/c2ccc(C(=O)O)c(C(F)(F)F)c2)C(F)(F)F)cc(Cl)c1Cl. The molecule has 0 fully saturated rings. The first-order chi connectivity index (χ1) is 13.8. The molecule has 1 unspecified atom stereocenters. The smallest absolute Gasteiger partial charge is 0.417 e. The van der Waals surface area contributed by atoms with Gasteiger partial charge < -0.3 is 5.11 Å². The Morgan fingerprint density at radius 3 is 2.20 bits per heavy atom. The van der Waals surface area contributed by atoms with Gasteiger partial charge in [-0.2, -0.15) is 26.3 Å². The standard InChI is InChI=1S/C20H12Cl2F6O2/c1-2-11-8-12(9-16(21)17(11)22)14(19(23,24)25)6-4-10-3-5-13(18(29)30)15(7-10)20(26,27)28/h2-9,14H,1H2,(H,29,30)/b6-4+. The number of allylic oxidation sites excluding steroid dienone is 1. The number of alkyl halides is 6. The number of carboxylic acids is 1. The Balaban J connectivity index is 2.55. The molecule has 160 valence electrons. The number of carboxylic acid groups (broad SMARTS) is 1. The van der Waals surface area contributed by atoms with E-state index in [0.29, 0.717) is 18.2 Å². The molecule has 0 amide bonds. The zero-order valence-electron chi connectivity index (χ0n) is 14.8. The van der Waals surface area contributed by atoms with Crippen molar-refractivity contribution < 1.29 is 36.2 Å². The third-order valence-electron chi connectivity index (χ3n) is 4.07. The Morgan fingerprint density at radius 2 is 1.70 bits per heavy atom. The molecule has 2 rings (SSSR count). The highest BCUT2D eigenvalue weighted by atomic mass is 35.5. The van der Waals surface area contributed by atoms with E-state index >= 15 is 0 Å². The van der Waals surface area contributed by atoms with Crippen LogP contribution < -0.4 is 0 Å². The van der Waals surface area contributed by atoms with Crippen molar-refractivity contribution in [3.8, 4) is 0 Å². The van der Waals surface area contributed by atoms with E-state index in [-0.39, 0.29) is 26.7 Å². The molecule has 0 radical (unpaired) electrons. The minimum atomic E-state index is -5.00. The van der Waals surface area contributed by atoms with Crippen LogP contribution in [0.1, 0.15) is 38.5 Å². The van der Waals surface area contributed by atoms with Gasteiger partial charge in [-0.15, -0.1) is 0 Å². The molecule has 0 saturated carbocycles. The largest absolute Gasteiger partial charge is 0.478 e. The fourth-order valence-electron chi connectivity index (χ4n) is 2.66. The van der Waals surface area contributed by atoms with E-state index in [1.54, 1.807) is 0 Å². The van der Waals surface area contributed by atoms with Gasteiger partial charge in [0.2, 0.25) is 0 Å². The monoisotopic (exact) mass is 468 g/mol. The van der Waals surface area contributed by atoms with Crippen molar-refractivity contribution >= 4 is 41.3 Å². The predicted molar refractivity (Wildman–Crippen MR) is 103 cm³/mol. The quantitative estimate of drug-likeness (QED) is 0.456. The first kappa shape index (κ1) is 23.8. The molecule has 0 saturated heterocycles. The van der Waals surface area contributed by atoms with Crippen LogP contribution in [-0.2, 0) is 6.18 Å². The molecule has 0 aliphatic carbocycles. The van der Waals surface area contributed by atoms with Crippen molar-refractivity contribution in [3.05, 3.63) is 80.8 Å². The summed E-state index contributed by atoms with van der Waals surface area (Å²) >= 11 is 11.8. The molecule has 0 aromatic heterocycles. The van der Waals surface area contributed by atoms with Gasteiger partial charge in [-0.3, -0.25) is 0 Å². The maximum absolute atomic E-state index is 13.6. The molecular weight excluding hydrogens is 457 g/mol. The Kier molecular flexibility index (Phi) is 6.94. The second-order valence-corrected chi connectivity index (χ2v) is 6.88. The average Bonchev–Trinajstić information content (AvgIpc) is 2.62. The third-order valence-corrected chi connectivity index (χ3v) is 4.89. The van der Waals surface area contributed by atoms with Gasteiger partial charge in [-0.05, 0) is 41.0 Å². The Labute approximate surface area is 177 Å².